The smallest absolute Gasteiger partial charge is 0.124 e. The molecule has 0 bridgehead atoms. The van der Waals surface area contributed by atoms with Crippen molar-refractivity contribution in [3.05, 3.63) is 11.8 Å². The lowest BCUT2D eigenvalue weighted by atomic mass is 10.1. The highest BCUT2D eigenvalue weighted by molar-refractivity contribution is 5.38. The van der Waals surface area contributed by atoms with E-state index in [1.165, 1.54) is 0 Å². The molecule has 1 aromatic heterocycles. The molecule has 15 heavy (non-hydrogen) atoms. The number of hydrogen-bond acceptors (Lipinski definition) is 3. The van der Waals surface area contributed by atoms with E-state index in [4.69, 9.17) is 10.8 Å². The number of rotatable bonds is 6. The van der Waals surface area contributed by atoms with Crippen molar-refractivity contribution in [3.8, 4) is 0 Å². The van der Waals surface area contributed by atoms with E-state index in [9.17, 15) is 0 Å². The Bertz CT molecular complexity index is 294. The van der Waals surface area contributed by atoms with Crippen molar-refractivity contribution in [1.29, 1.82) is 0 Å². The van der Waals surface area contributed by atoms with Gasteiger partial charge >= 0.3 is 0 Å². The van der Waals surface area contributed by atoms with Gasteiger partial charge in [0.1, 0.15) is 5.82 Å². The van der Waals surface area contributed by atoms with Gasteiger partial charge in [-0.15, -0.1) is 0 Å². The summed E-state index contributed by atoms with van der Waals surface area (Å²) in [5, 5.41) is 13.0. The molecule has 1 rings (SSSR count). The third kappa shape index (κ3) is 3.55. The van der Waals surface area contributed by atoms with Gasteiger partial charge in [0.25, 0.3) is 0 Å². The molecule has 1 aromatic rings. The number of nitrogens with zero attached hydrogens (tertiary/aromatic N) is 2. The molecule has 1 heterocycles. The van der Waals surface area contributed by atoms with Crippen LogP contribution >= 0.6 is 0 Å². The predicted molar refractivity (Wildman–Crippen MR) is 61.5 cm³/mol. The average Bonchev–Trinajstić information content (AvgIpc) is 2.54. The van der Waals surface area contributed by atoms with Crippen molar-refractivity contribution in [2.75, 3.05) is 12.3 Å². The van der Waals surface area contributed by atoms with E-state index in [0.717, 1.165) is 37.2 Å². The molecule has 0 radical (unpaired) electrons. The highest BCUT2D eigenvalue weighted by Gasteiger charge is 2.07. The summed E-state index contributed by atoms with van der Waals surface area (Å²) in [7, 11) is 0. The zero-order valence-electron chi connectivity index (χ0n) is 9.61. The highest BCUT2D eigenvalue weighted by atomic mass is 16.2. The van der Waals surface area contributed by atoms with E-state index in [1.54, 1.807) is 0 Å². The molecule has 0 aliphatic carbocycles. The van der Waals surface area contributed by atoms with Gasteiger partial charge in [0.2, 0.25) is 0 Å². The summed E-state index contributed by atoms with van der Waals surface area (Å²) in [4.78, 5) is 0. The standard InChI is InChI=1S/C11H21N3O/c1-9(2)5-6-14-11(12)10(8-13-14)4-3-7-15/h8-9,15H,3-7,12H2,1-2H3. The van der Waals surface area contributed by atoms with Gasteiger partial charge in [-0.25, -0.2) is 4.68 Å². The van der Waals surface area contributed by atoms with Crippen LogP contribution in [0.5, 0.6) is 0 Å². The molecule has 0 aliphatic rings. The van der Waals surface area contributed by atoms with Crippen molar-refractivity contribution in [2.24, 2.45) is 5.92 Å². The SMILES string of the molecule is CC(C)CCn1ncc(CCCO)c1N. The number of anilines is 1. The van der Waals surface area contributed by atoms with Crippen LogP contribution in [0.1, 0.15) is 32.3 Å². The Kier molecular flexibility index (Phi) is 4.62. The van der Waals surface area contributed by atoms with Gasteiger partial charge in [0, 0.05) is 18.7 Å². The summed E-state index contributed by atoms with van der Waals surface area (Å²) in [5.74, 6) is 1.42. The molecule has 86 valence electrons. The van der Waals surface area contributed by atoms with Gasteiger partial charge in [-0.2, -0.15) is 5.10 Å². The van der Waals surface area contributed by atoms with Crippen LogP contribution in [0.25, 0.3) is 0 Å². The zero-order chi connectivity index (χ0) is 11.3. The van der Waals surface area contributed by atoms with Crippen molar-refractivity contribution in [2.45, 2.75) is 39.7 Å². The van der Waals surface area contributed by atoms with Gasteiger partial charge in [-0.1, -0.05) is 13.8 Å². The Morgan fingerprint density at radius 2 is 2.27 bits per heavy atom. The molecule has 4 heteroatoms. The van der Waals surface area contributed by atoms with Gasteiger partial charge in [0.15, 0.2) is 0 Å². The lowest BCUT2D eigenvalue weighted by molar-refractivity contribution is 0.288. The number of aryl methyl sites for hydroxylation is 2. The summed E-state index contributed by atoms with van der Waals surface area (Å²) in [6, 6.07) is 0. The third-order valence-corrected chi connectivity index (χ3v) is 2.48. The molecule has 0 saturated carbocycles. The molecule has 0 atom stereocenters. The van der Waals surface area contributed by atoms with Gasteiger partial charge < -0.3 is 10.8 Å². The molecule has 0 aliphatic heterocycles. The second kappa shape index (κ2) is 5.75. The van der Waals surface area contributed by atoms with E-state index in [2.05, 4.69) is 18.9 Å². The Morgan fingerprint density at radius 1 is 1.53 bits per heavy atom. The van der Waals surface area contributed by atoms with Crippen LogP contribution in [0.3, 0.4) is 0 Å². The molecule has 4 nitrogen and oxygen atoms in total. The van der Waals surface area contributed by atoms with E-state index in [0.29, 0.717) is 5.92 Å². The number of hydrogen-bond donors (Lipinski definition) is 2. The predicted octanol–water partition coefficient (Wildman–Crippen LogP) is 1.44. The Balaban J connectivity index is 2.54. The quantitative estimate of drug-likeness (QED) is 0.748. The van der Waals surface area contributed by atoms with Crippen LogP contribution < -0.4 is 5.73 Å². The van der Waals surface area contributed by atoms with Gasteiger partial charge in [-0.3, -0.25) is 0 Å². The van der Waals surface area contributed by atoms with Gasteiger partial charge in [0.05, 0.1) is 6.20 Å². The third-order valence-electron chi connectivity index (χ3n) is 2.48. The first-order valence-corrected chi connectivity index (χ1v) is 5.56. The molecular formula is C11H21N3O. The summed E-state index contributed by atoms with van der Waals surface area (Å²) in [5.41, 5.74) is 7.00. The lowest BCUT2D eigenvalue weighted by Crippen LogP contribution is -2.07. The van der Waals surface area contributed by atoms with Crippen LogP contribution in [0, 0.1) is 5.92 Å². The minimum absolute atomic E-state index is 0.205. The van der Waals surface area contributed by atoms with E-state index in [-0.39, 0.29) is 6.61 Å². The van der Waals surface area contributed by atoms with E-state index < -0.39 is 0 Å². The first-order valence-electron chi connectivity index (χ1n) is 5.56. The van der Waals surface area contributed by atoms with Crippen molar-refractivity contribution in [1.82, 2.24) is 9.78 Å². The first kappa shape index (κ1) is 12.0. The topological polar surface area (TPSA) is 64.1 Å². The van der Waals surface area contributed by atoms with Crippen molar-refractivity contribution in [3.63, 3.8) is 0 Å². The minimum Gasteiger partial charge on any atom is -0.396 e. The molecule has 0 amide bonds. The van der Waals surface area contributed by atoms with Crippen molar-refractivity contribution < 1.29 is 5.11 Å². The molecule has 3 N–H and O–H groups in total. The van der Waals surface area contributed by atoms with Crippen LogP contribution in [-0.2, 0) is 13.0 Å². The summed E-state index contributed by atoms with van der Waals surface area (Å²) in [6.45, 7) is 5.46. The fourth-order valence-corrected chi connectivity index (χ4v) is 1.45. The summed E-state index contributed by atoms with van der Waals surface area (Å²) >= 11 is 0. The zero-order valence-corrected chi connectivity index (χ0v) is 9.61. The molecule has 0 saturated heterocycles. The normalized spacial score (nSPS) is 11.2. The molecule has 0 spiro atoms. The second-order valence-electron chi connectivity index (χ2n) is 4.29. The number of aliphatic hydroxyl groups is 1. The van der Waals surface area contributed by atoms with Crippen LogP contribution in [0.2, 0.25) is 0 Å². The largest absolute Gasteiger partial charge is 0.396 e. The maximum Gasteiger partial charge on any atom is 0.124 e. The lowest BCUT2D eigenvalue weighted by Gasteiger charge is -2.07. The molecular weight excluding hydrogens is 190 g/mol. The van der Waals surface area contributed by atoms with Crippen LogP contribution in [0.4, 0.5) is 5.82 Å². The maximum atomic E-state index is 8.73. The Morgan fingerprint density at radius 3 is 2.87 bits per heavy atom. The molecule has 0 aromatic carbocycles. The van der Waals surface area contributed by atoms with E-state index in [1.807, 2.05) is 10.9 Å². The average molecular weight is 211 g/mol. The fourth-order valence-electron chi connectivity index (χ4n) is 1.45. The molecule has 0 fully saturated rings. The number of aromatic nitrogens is 2. The number of nitrogen functional groups attached to an aromatic ring is 1. The minimum atomic E-state index is 0.205. The highest BCUT2D eigenvalue weighted by Crippen LogP contribution is 2.14. The van der Waals surface area contributed by atoms with Crippen LogP contribution in [-0.4, -0.2) is 21.5 Å². The van der Waals surface area contributed by atoms with E-state index >= 15 is 0 Å². The summed E-state index contributed by atoms with van der Waals surface area (Å²) < 4.78 is 1.85. The monoisotopic (exact) mass is 211 g/mol. The van der Waals surface area contributed by atoms with Crippen LogP contribution in [0.15, 0.2) is 6.20 Å². The second-order valence-corrected chi connectivity index (χ2v) is 4.29. The Labute approximate surface area is 91.1 Å². The maximum absolute atomic E-state index is 8.73. The summed E-state index contributed by atoms with van der Waals surface area (Å²) in [6.07, 6.45) is 4.46. The molecule has 0 unspecified atom stereocenters. The number of aliphatic hydroxyl groups excluding tert-OH is 1. The van der Waals surface area contributed by atoms with Gasteiger partial charge in [-0.05, 0) is 25.2 Å². The first-order chi connectivity index (χ1) is 7.15. The fraction of sp³-hybridized carbons (Fsp3) is 0.727. The van der Waals surface area contributed by atoms with Crippen molar-refractivity contribution >= 4 is 5.82 Å². The Hall–Kier alpha value is -1.03. The number of nitrogens with two attached hydrogens (primary N) is 1.